The van der Waals surface area contributed by atoms with Crippen molar-refractivity contribution in [1.82, 2.24) is 10.3 Å². The number of rotatable bonds is 7. The number of pyridine rings is 1. The molecule has 0 spiro atoms. The van der Waals surface area contributed by atoms with Gasteiger partial charge in [-0.2, -0.15) is 11.8 Å². The lowest BCUT2D eigenvalue weighted by atomic mass is 10.1. The van der Waals surface area contributed by atoms with Gasteiger partial charge in [0.05, 0.1) is 0 Å². The van der Waals surface area contributed by atoms with Crippen molar-refractivity contribution in [2.75, 3.05) is 17.7 Å². The SMILES string of the molecule is CCCc1cc(C(=O)NC(CC)CSC)cc(N)n1. The van der Waals surface area contributed by atoms with E-state index in [-0.39, 0.29) is 11.9 Å². The van der Waals surface area contributed by atoms with Crippen LogP contribution in [0.2, 0.25) is 0 Å². The Morgan fingerprint density at radius 3 is 2.79 bits per heavy atom. The summed E-state index contributed by atoms with van der Waals surface area (Å²) in [5, 5.41) is 3.04. The maximum atomic E-state index is 12.2. The van der Waals surface area contributed by atoms with Gasteiger partial charge in [-0.1, -0.05) is 20.3 Å². The van der Waals surface area contributed by atoms with Crippen LogP contribution in [0.25, 0.3) is 0 Å². The van der Waals surface area contributed by atoms with E-state index in [4.69, 9.17) is 5.73 Å². The topological polar surface area (TPSA) is 68.0 Å². The van der Waals surface area contributed by atoms with E-state index >= 15 is 0 Å². The van der Waals surface area contributed by atoms with E-state index in [1.807, 2.05) is 12.3 Å². The molecule has 4 nitrogen and oxygen atoms in total. The van der Waals surface area contributed by atoms with Crippen molar-refractivity contribution in [3.8, 4) is 0 Å². The average Bonchev–Trinajstić information content (AvgIpc) is 2.37. The molecule has 0 aromatic carbocycles. The molecule has 0 radical (unpaired) electrons. The predicted octanol–water partition coefficient (Wildman–Crippen LogP) is 2.49. The molecule has 0 saturated heterocycles. The second-order valence-corrected chi connectivity index (χ2v) is 5.47. The molecule has 1 atom stereocenters. The fraction of sp³-hybridized carbons (Fsp3) is 0.571. The summed E-state index contributed by atoms with van der Waals surface area (Å²) in [7, 11) is 0. The fourth-order valence-corrected chi connectivity index (χ4v) is 2.58. The first-order chi connectivity index (χ1) is 9.10. The van der Waals surface area contributed by atoms with Crippen LogP contribution in [0, 0.1) is 0 Å². The summed E-state index contributed by atoms with van der Waals surface area (Å²) in [4.78, 5) is 16.4. The molecule has 0 saturated carbocycles. The molecule has 19 heavy (non-hydrogen) atoms. The van der Waals surface area contributed by atoms with Gasteiger partial charge in [0.1, 0.15) is 5.82 Å². The van der Waals surface area contributed by atoms with Gasteiger partial charge in [0.15, 0.2) is 0 Å². The van der Waals surface area contributed by atoms with Crippen LogP contribution in [0.15, 0.2) is 12.1 Å². The second-order valence-electron chi connectivity index (χ2n) is 4.56. The Balaban J connectivity index is 2.80. The fourth-order valence-electron chi connectivity index (χ4n) is 1.86. The molecule has 0 aliphatic carbocycles. The van der Waals surface area contributed by atoms with E-state index in [9.17, 15) is 4.79 Å². The third-order valence-corrected chi connectivity index (χ3v) is 3.60. The maximum absolute atomic E-state index is 12.2. The number of nitrogens with one attached hydrogen (secondary N) is 1. The van der Waals surface area contributed by atoms with Crippen molar-refractivity contribution in [3.05, 3.63) is 23.4 Å². The monoisotopic (exact) mass is 281 g/mol. The highest BCUT2D eigenvalue weighted by Crippen LogP contribution is 2.11. The van der Waals surface area contributed by atoms with Gasteiger partial charge in [-0.05, 0) is 31.2 Å². The number of aromatic nitrogens is 1. The maximum Gasteiger partial charge on any atom is 0.251 e. The lowest BCUT2D eigenvalue weighted by Gasteiger charge is -2.16. The molecule has 5 heteroatoms. The van der Waals surface area contributed by atoms with E-state index in [0.717, 1.165) is 30.7 Å². The molecule has 106 valence electrons. The number of nitrogens with zero attached hydrogens (tertiary/aromatic N) is 1. The Hall–Kier alpha value is -1.23. The zero-order valence-corrected chi connectivity index (χ0v) is 12.7. The second kappa shape index (κ2) is 8.04. The van der Waals surface area contributed by atoms with Crippen LogP contribution in [-0.2, 0) is 6.42 Å². The minimum absolute atomic E-state index is 0.0626. The third-order valence-electron chi connectivity index (χ3n) is 2.86. The molecule has 3 N–H and O–H groups in total. The van der Waals surface area contributed by atoms with Crippen LogP contribution in [0.5, 0.6) is 0 Å². The molecule has 1 aromatic rings. The Kier molecular flexibility index (Phi) is 6.70. The van der Waals surface area contributed by atoms with Crippen LogP contribution >= 0.6 is 11.8 Å². The minimum atomic E-state index is -0.0626. The van der Waals surface area contributed by atoms with Gasteiger partial charge >= 0.3 is 0 Å². The Morgan fingerprint density at radius 1 is 1.47 bits per heavy atom. The van der Waals surface area contributed by atoms with Crippen LogP contribution in [-0.4, -0.2) is 28.9 Å². The van der Waals surface area contributed by atoms with Gasteiger partial charge < -0.3 is 11.1 Å². The Morgan fingerprint density at radius 2 is 2.21 bits per heavy atom. The summed E-state index contributed by atoms with van der Waals surface area (Å²) in [6.45, 7) is 4.15. The highest BCUT2D eigenvalue weighted by Gasteiger charge is 2.13. The molecule has 0 aliphatic rings. The highest BCUT2D eigenvalue weighted by molar-refractivity contribution is 7.98. The molecular formula is C14H23N3OS. The number of hydrogen-bond acceptors (Lipinski definition) is 4. The number of nitrogens with two attached hydrogens (primary N) is 1. The Labute approximate surface area is 119 Å². The van der Waals surface area contributed by atoms with E-state index in [1.54, 1.807) is 17.8 Å². The molecule has 0 aliphatic heterocycles. The molecular weight excluding hydrogens is 258 g/mol. The molecule has 1 heterocycles. The molecule has 1 unspecified atom stereocenters. The Bertz CT molecular complexity index is 423. The summed E-state index contributed by atoms with van der Waals surface area (Å²) in [5.74, 6) is 1.27. The van der Waals surface area contributed by atoms with Gasteiger partial charge in [0.25, 0.3) is 5.91 Å². The smallest absolute Gasteiger partial charge is 0.251 e. The highest BCUT2D eigenvalue weighted by atomic mass is 32.2. The molecule has 1 aromatic heterocycles. The van der Waals surface area contributed by atoms with Crippen molar-refractivity contribution < 1.29 is 4.79 Å². The lowest BCUT2D eigenvalue weighted by molar-refractivity contribution is 0.0940. The number of hydrogen-bond donors (Lipinski definition) is 2. The van der Waals surface area contributed by atoms with E-state index < -0.39 is 0 Å². The third kappa shape index (κ3) is 5.11. The van der Waals surface area contributed by atoms with Crippen molar-refractivity contribution >= 4 is 23.5 Å². The van der Waals surface area contributed by atoms with Gasteiger partial charge in [-0.25, -0.2) is 4.98 Å². The number of nitrogen functional groups attached to an aromatic ring is 1. The summed E-state index contributed by atoms with van der Waals surface area (Å²) >= 11 is 1.73. The van der Waals surface area contributed by atoms with Gasteiger partial charge in [0, 0.05) is 23.1 Å². The van der Waals surface area contributed by atoms with Gasteiger partial charge in [-0.3, -0.25) is 4.79 Å². The molecule has 1 rings (SSSR count). The first-order valence-corrected chi connectivity index (χ1v) is 8.06. The van der Waals surface area contributed by atoms with Crippen LogP contribution in [0.4, 0.5) is 5.82 Å². The zero-order valence-electron chi connectivity index (χ0n) is 11.9. The molecule has 0 fully saturated rings. The van der Waals surface area contributed by atoms with Crippen molar-refractivity contribution in [1.29, 1.82) is 0 Å². The van der Waals surface area contributed by atoms with Gasteiger partial charge in [-0.15, -0.1) is 0 Å². The first kappa shape index (κ1) is 15.8. The van der Waals surface area contributed by atoms with E-state index in [2.05, 4.69) is 24.1 Å². The minimum Gasteiger partial charge on any atom is -0.384 e. The summed E-state index contributed by atoms with van der Waals surface area (Å²) in [6, 6.07) is 3.67. The molecule has 1 amide bonds. The predicted molar refractivity (Wildman–Crippen MR) is 82.6 cm³/mol. The van der Waals surface area contributed by atoms with E-state index in [0.29, 0.717) is 11.4 Å². The van der Waals surface area contributed by atoms with Crippen LogP contribution in [0.1, 0.15) is 42.7 Å². The number of aryl methyl sites for hydroxylation is 1. The number of carbonyl (C=O) groups is 1. The summed E-state index contributed by atoms with van der Waals surface area (Å²) < 4.78 is 0. The van der Waals surface area contributed by atoms with Gasteiger partial charge in [0.2, 0.25) is 0 Å². The number of thioether (sulfide) groups is 1. The van der Waals surface area contributed by atoms with Crippen LogP contribution in [0.3, 0.4) is 0 Å². The van der Waals surface area contributed by atoms with Crippen molar-refractivity contribution in [2.24, 2.45) is 0 Å². The normalized spacial score (nSPS) is 12.2. The largest absolute Gasteiger partial charge is 0.384 e. The standard InChI is InChI=1S/C14H23N3OS/c1-4-6-12-7-10(8-13(15)16-12)14(18)17-11(5-2)9-19-3/h7-8,11H,4-6,9H2,1-3H3,(H2,15,16)(H,17,18). The van der Waals surface area contributed by atoms with Crippen molar-refractivity contribution in [3.63, 3.8) is 0 Å². The summed E-state index contributed by atoms with van der Waals surface area (Å²) in [5.41, 5.74) is 7.24. The molecule has 0 bridgehead atoms. The lowest BCUT2D eigenvalue weighted by Crippen LogP contribution is -2.36. The number of carbonyl (C=O) groups excluding carboxylic acids is 1. The zero-order chi connectivity index (χ0) is 14.3. The number of amides is 1. The number of anilines is 1. The van der Waals surface area contributed by atoms with Crippen molar-refractivity contribution in [2.45, 2.75) is 39.2 Å². The summed E-state index contributed by atoms with van der Waals surface area (Å²) in [6.07, 6.45) is 4.79. The first-order valence-electron chi connectivity index (χ1n) is 6.66. The van der Waals surface area contributed by atoms with E-state index in [1.165, 1.54) is 0 Å². The quantitative estimate of drug-likeness (QED) is 0.805. The van der Waals surface area contributed by atoms with Crippen LogP contribution < -0.4 is 11.1 Å². The average molecular weight is 281 g/mol.